The minimum Gasteiger partial charge on any atom is -0.356 e. The maximum absolute atomic E-state index is 2.65. The molecule has 0 saturated carbocycles. The van der Waals surface area contributed by atoms with Crippen molar-refractivity contribution in [1.82, 2.24) is 9.80 Å². The highest BCUT2D eigenvalue weighted by Gasteiger charge is 2.25. The number of benzene rings is 1. The summed E-state index contributed by atoms with van der Waals surface area (Å²) in [5, 5.41) is 0. The third-order valence-corrected chi connectivity index (χ3v) is 7.76. The smallest absolute Gasteiger partial charge is 0.101 e. The monoisotopic (exact) mass is 482 g/mol. The molecule has 1 aromatic rings. The summed E-state index contributed by atoms with van der Waals surface area (Å²) >= 11 is 0. The first-order valence-corrected chi connectivity index (χ1v) is 15.6. The Morgan fingerprint density at radius 1 is 0.514 bits per heavy atom. The minimum atomic E-state index is 0.554. The lowest BCUT2D eigenvalue weighted by molar-refractivity contribution is 0.132. The van der Waals surface area contributed by atoms with E-state index in [0.29, 0.717) is 6.17 Å². The lowest BCUT2D eigenvalue weighted by Gasteiger charge is -2.33. The predicted molar refractivity (Wildman–Crippen MR) is 155 cm³/mol. The lowest BCUT2D eigenvalue weighted by Crippen LogP contribution is -2.38. The molecular weight excluding hydrogens is 424 g/mol. The average molecular weight is 483 g/mol. The first-order chi connectivity index (χ1) is 17.3. The van der Waals surface area contributed by atoms with E-state index in [4.69, 9.17) is 0 Å². The molecule has 2 rings (SSSR count). The van der Waals surface area contributed by atoms with Gasteiger partial charge < -0.3 is 9.80 Å². The fourth-order valence-electron chi connectivity index (χ4n) is 5.49. The lowest BCUT2D eigenvalue weighted by atomic mass is 10.0. The van der Waals surface area contributed by atoms with Gasteiger partial charge >= 0.3 is 0 Å². The highest BCUT2D eigenvalue weighted by Crippen LogP contribution is 2.25. The van der Waals surface area contributed by atoms with E-state index in [1.54, 1.807) is 0 Å². The van der Waals surface area contributed by atoms with Gasteiger partial charge in [-0.05, 0) is 24.8 Å². The molecule has 0 amide bonds. The Morgan fingerprint density at radius 3 is 1.51 bits per heavy atom. The van der Waals surface area contributed by atoms with Crippen molar-refractivity contribution < 1.29 is 0 Å². The van der Waals surface area contributed by atoms with Gasteiger partial charge in [-0.1, -0.05) is 153 Å². The fourth-order valence-corrected chi connectivity index (χ4v) is 5.49. The summed E-state index contributed by atoms with van der Waals surface area (Å²) in [7, 11) is 0. The Balaban J connectivity index is 1.63. The molecule has 0 fully saturated rings. The van der Waals surface area contributed by atoms with Gasteiger partial charge in [0.05, 0.1) is 0 Å². The zero-order valence-corrected chi connectivity index (χ0v) is 23.6. The maximum Gasteiger partial charge on any atom is 0.101 e. The zero-order valence-electron chi connectivity index (χ0n) is 23.6. The Bertz CT molecular complexity index is 611. The van der Waals surface area contributed by atoms with Crippen LogP contribution in [0.2, 0.25) is 0 Å². The van der Waals surface area contributed by atoms with Crippen molar-refractivity contribution in [2.75, 3.05) is 6.54 Å². The first-order valence-electron chi connectivity index (χ1n) is 15.6. The predicted octanol–water partition coefficient (Wildman–Crippen LogP) is 10.4. The van der Waals surface area contributed by atoms with E-state index in [0.717, 1.165) is 6.54 Å². The van der Waals surface area contributed by atoms with Gasteiger partial charge in [0, 0.05) is 25.5 Å². The van der Waals surface area contributed by atoms with Crippen LogP contribution >= 0.6 is 0 Å². The summed E-state index contributed by atoms with van der Waals surface area (Å²) in [6.45, 7) is 6.86. The van der Waals surface area contributed by atoms with E-state index in [-0.39, 0.29) is 0 Å². The van der Waals surface area contributed by atoms with Crippen LogP contribution in [-0.2, 0) is 6.54 Å². The van der Waals surface area contributed by atoms with Gasteiger partial charge in [-0.25, -0.2) is 0 Å². The zero-order chi connectivity index (χ0) is 24.8. The van der Waals surface area contributed by atoms with Gasteiger partial charge in [0.2, 0.25) is 0 Å². The highest BCUT2D eigenvalue weighted by atomic mass is 15.4. The Labute approximate surface area is 219 Å². The molecule has 1 heterocycles. The summed E-state index contributed by atoms with van der Waals surface area (Å²) in [5.74, 6) is 0. The second kappa shape index (κ2) is 20.7. The van der Waals surface area contributed by atoms with E-state index in [2.05, 4.69) is 66.4 Å². The SMILES string of the molecule is CCCCCCCCCCCCCCC1N(CCCCCCCCC)C=CN1Cc1ccccc1. The summed E-state index contributed by atoms with van der Waals surface area (Å²) in [4.78, 5) is 5.24. The van der Waals surface area contributed by atoms with E-state index in [9.17, 15) is 0 Å². The van der Waals surface area contributed by atoms with E-state index >= 15 is 0 Å². The molecule has 1 atom stereocenters. The van der Waals surface area contributed by atoms with E-state index in [1.807, 2.05) is 0 Å². The molecule has 1 aromatic carbocycles. The van der Waals surface area contributed by atoms with E-state index in [1.165, 1.54) is 141 Å². The van der Waals surface area contributed by atoms with Crippen molar-refractivity contribution in [3.63, 3.8) is 0 Å². The summed E-state index contributed by atoms with van der Waals surface area (Å²) < 4.78 is 0. The highest BCUT2D eigenvalue weighted by molar-refractivity contribution is 5.15. The fraction of sp³-hybridized carbons (Fsp3) is 0.758. The number of hydrogen-bond donors (Lipinski definition) is 0. The molecule has 0 aromatic heterocycles. The van der Waals surface area contributed by atoms with Crippen LogP contribution in [0.1, 0.15) is 148 Å². The third-order valence-electron chi connectivity index (χ3n) is 7.76. The summed E-state index contributed by atoms with van der Waals surface area (Å²) in [5.41, 5.74) is 1.43. The van der Waals surface area contributed by atoms with Gasteiger partial charge in [-0.2, -0.15) is 0 Å². The third kappa shape index (κ3) is 14.0. The topological polar surface area (TPSA) is 6.48 Å². The van der Waals surface area contributed by atoms with Gasteiger partial charge in [-0.15, -0.1) is 0 Å². The molecule has 0 bridgehead atoms. The second-order valence-corrected chi connectivity index (χ2v) is 11.0. The molecule has 1 aliphatic rings. The van der Waals surface area contributed by atoms with Gasteiger partial charge in [-0.3, -0.25) is 0 Å². The van der Waals surface area contributed by atoms with Gasteiger partial charge in [0.25, 0.3) is 0 Å². The van der Waals surface area contributed by atoms with Crippen LogP contribution in [0.25, 0.3) is 0 Å². The molecular formula is C33H58N2. The van der Waals surface area contributed by atoms with Crippen LogP contribution in [-0.4, -0.2) is 22.5 Å². The Kier molecular flexibility index (Phi) is 17.6. The summed E-state index contributed by atoms with van der Waals surface area (Å²) in [6.07, 6.45) is 33.5. The van der Waals surface area contributed by atoms with Crippen LogP contribution in [0, 0.1) is 0 Å². The molecule has 0 aliphatic carbocycles. The van der Waals surface area contributed by atoms with Crippen LogP contribution in [0.15, 0.2) is 42.7 Å². The molecule has 2 nitrogen and oxygen atoms in total. The summed E-state index contributed by atoms with van der Waals surface area (Å²) in [6, 6.07) is 11.0. The van der Waals surface area contributed by atoms with Crippen LogP contribution in [0.4, 0.5) is 0 Å². The largest absolute Gasteiger partial charge is 0.356 e. The number of nitrogens with zero attached hydrogens (tertiary/aromatic N) is 2. The van der Waals surface area contributed by atoms with Crippen molar-refractivity contribution in [3.8, 4) is 0 Å². The molecule has 1 unspecified atom stereocenters. The molecule has 2 heteroatoms. The number of rotatable bonds is 23. The van der Waals surface area contributed by atoms with Crippen LogP contribution in [0.5, 0.6) is 0 Å². The second-order valence-electron chi connectivity index (χ2n) is 11.0. The van der Waals surface area contributed by atoms with Crippen molar-refractivity contribution in [2.24, 2.45) is 0 Å². The molecule has 200 valence electrons. The average Bonchev–Trinajstić information content (AvgIpc) is 3.25. The van der Waals surface area contributed by atoms with Crippen molar-refractivity contribution in [3.05, 3.63) is 48.3 Å². The Morgan fingerprint density at radius 2 is 0.971 bits per heavy atom. The maximum atomic E-state index is 2.65. The number of unbranched alkanes of at least 4 members (excludes halogenated alkanes) is 17. The van der Waals surface area contributed by atoms with Crippen LogP contribution in [0.3, 0.4) is 0 Å². The van der Waals surface area contributed by atoms with Gasteiger partial charge in [0.1, 0.15) is 6.17 Å². The molecule has 1 aliphatic heterocycles. The first kappa shape index (κ1) is 29.8. The number of hydrogen-bond acceptors (Lipinski definition) is 2. The molecule has 0 spiro atoms. The van der Waals surface area contributed by atoms with Crippen molar-refractivity contribution in [1.29, 1.82) is 0 Å². The Hall–Kier alpha value is -1.44. The molecule has 0 saturated heterocycles. The van der Waals surface area contributed by atoms with Crippen LogP contribution < -0.4 is 0 Å². The normalized spacial score (nSPS) is 15.4. The quantitative estimate of drug-likeness (QED) is 0.143. The molecule has 0 N–H and O–H groups in total. The standard InChI is InChI=1S/C33H58N2/c1-3-5-7-9-11-12-13-14-15-16-18-23-27-33-34(28-24-19-17-10-8-6-4-2)29-30-35(33)31-32-25-21-20-22-26-32/h20-22,25-26,29-30,33H,3-19,23-24,27-28,31H2,1-2H3. The molecule has 35 heavy (non-hydrogen) atoms. The van der Waals surface area contributed by atoms with Crippen molar-refractivity contribution >= 4 is 0 Å². The van der Waals surface area contributed by atoms with E-state index < -0.39 is 0 Å². The molecule has 0 radical (unpaired) electrons. The minimum absolute atomic E-state index is 0.554. The van der Waals surface area contributed by atoms with Crippen molar-refractivity contribution in [2.45, 2.75) is 155 Å². The van der Waals surface area contributed by atoms with Gasteiger partial charge in [0.15, 0.2) is 0 Å².